The molecule has 0 bridgehead atoms. The molecule has 0 radical (unpaired) electrons. The molecule has 17 heavy (non-hydrogen) atoms. The molecule has 0 fully saturated rings. The summed E-state index contributed by atoms with van der Waals surface area (Å²) in [6, 6.07) is 8.29. The molecule has 0 aliphatic carbocycles. The molecule has 0 aliphatic heterocycles. The van der Waals surface area contributed by atoms with Crippen LogP contribution < -0.4 is 0 Å². The Morgan fingerprint density at radius 3 is 2.82 bits per heavy atom. The first-order valence-corrected chi connectivity index (χ1v) is 6.27. The fourth-order valence-electron chi connectivity index (χ4n) is 2.49. The molecule has 1 heterocycles. The highest BCUT2D eigenvalue weighted by Crippen LogP contribution is 2.31. The Morgan fingerprint density at radius 2 is 2.12 bits per heavy atom. The molecule has 90 valence electrons. The van der Waals surface area contributed by atoms with Gasteiger partial charge in [-0.25, -0.2) is 0 Å². The molecule has 0 amide bonds. The SMILES string of the molecule is CCC[C@@H](CC(C)=O)c1c[nH]c2ccccc12. The molecular formula is C15H19NO. The van der Waals surface area contributed by atoms with Crippen molar-refractivity contribution in [3.8, 4) is 0 Å². The quantitative estimate of drug-likeness (QED) is 0.825. The zero-order chi connectivity index (χ0) is 12.3. The highest BCUT2D eigenvalue weighted by atomic mass is 16.1. The van der Waals surface area contributed by atoms with Gasteiger partial charge in [-0.3, -0.25) is 0 Å². The van der Waals surface area contributed by atoms with Gasteiger partial charge in [-0.1, -0.05) is 31.5 Å². The van der Waals surface area contributed by atoms with Gasteiger partial charge in [0.1, 0.15) is 5.78 Å². The van der Waals surface area contributed by atoms with Crippen LogP contribution >= 0.6 is 0 Å². The fourth-order valence-corrected chi connectivity index (χ4v) is 2.49. The number of nitrogens with one attached hydrogen (secondary N) is 1. The van der Waals surface area contributed by atoms with Gasteiger partial charge in [0, 0.05) is 23.5 Å². The lowest BCUT2D eigenvalue weighted by Gasteiger charge is -2.13. The summed E-state index contributed by atoms with van der Waals surface area (Å²) in [5.74, 6) is 0.627. The third-order valence-corrected chi connectivity index (χ3v) is 3.23. The Morgan fingerprint density at radius 1 is 1.35 bits per heavy atom. The zero-order valence-corrected chi connectivity index (χ0v) is 10.5. The van der Waals surface area contributed by atoms with Crippen LogP contribution in [0.2, 0.25) is 0 Å². The van der Waals surface area contributed by atoms with Gasteiger partial charge in [0.15, 0.2) is 0 Å². The lowest BCUT2D eigenvalue weighted by molar-refractivity contribution is -0.117. The third-order valence-electron chi connectivity index (χ3n) is 3.23. The first-order valence-electron chi connectivity index (χ1n) is 6.27. The van der Waals surface area contributed by atoms with Gasteiger partial charge >= 0.3 is 0 Å². The van der Waals surface area contributed by atoms with E-state index in [9.17, 15) is 4.79 Å². The Kier molecular flexibility index (Phi) is 3.62. The van der Waals surface area contributed by atoms with Crippen LogP contribution in [0.3, 0.4) is 0 Å². The van der Waals surface area contributed by atoms with Crippen molar-refractivity contribution in [2.75, 3.05) is 0 Å². The van der Waals surface area contributed by atoms with Crippen LogP contribution in [0.4, 0.5) is 0 Å². The molecule has 2 aromatic rings. The molecule has 1 N–H and O–H groups in total. The van der Waals surface area contributed by atoms with Gasteiger partial charge < -0.3 is 9.78 Å². The molecule has 1 aromatic carbocycles. The molecular weight excluding hydrogens is 210 g/mol. The standard InChI is InChI=1S/C15H19NO/c1-3-6-12(9-11(2)17)14-10-16-15-8-5-4-7-13(14)15/h4-5,7-8,10,12,16H,3,6,9H2,1-2H3/t12-/m0/s1. The van der Waals surface area contributed by atoms with Crippen molar-refractivity contribution in [1.29, 1.82) is 0 Å². The summed E-state index contributed by atoms with van der Waals surface area (Å²) in [6.07, 6.45) is 4.89. The summed E-state index contributed by atoms with van der Waals surface area (Å²) in [5, 5.41) is 1.26. The fraction of sp³-hybridized carbons (Fsp3) is 0.400. The van der Waals surface area contributed by atoms with Crippen LogP contribution in [0.5, 0.6) is 0 Å². The number of Topliss-reactive ketones (excluding diaryl/α,β-unsaturated/α-hetero) is 1. The largest absolute Gasteiger partial charge is 0.361 e. The monoisotopic (exact) mass is 229 g/mol. The molecule has 2 heteroatoms. The molecule has 1 aromatic heterocycles. The summed E-state index contributed by atoms with van der Waals surface area (Å²) in [5.41, 5.74) is 2.45. The maximum Gasteiger partial charge on any atom is 0.130 e. The van der Waals surface area contributed by atoms with Crippen molar-refractivity contribution in [2.45, 2.75) is 39.0 Å². The van der Waals surface area contributed by atoms with Crippen LogP contribution in [0, 0.1) is 0 Å². The van der Waals surface area contributed by atoms with Crippen LogP contribution in [0.15, 0.2) is 30.5 Å². The Balaban J connectivity index is 2.37. The normalized spacial score (nSPS) is 12.8. The van der Waals surface area contributed by atoms with E-state index in [2.05, 4.69) is 36.3 Å². The minimum absolute atomic E-state index is 0.272. The smallest absolute Gasteiger partial charge is 0.130 e. The lowest BCUT2D eigenvalue weighted by atomic mass is 9.90. The highest BCUT2D eigenvalue weighted by Gasteiger charge is 2.16. The van der Waals surface area contributed by atoms with E-state index in [0.717, 1.165) is 18.4 Å². The second-order valence-corrected chi connectivity index (χ2v) is 4.68. The Bertz CT molecular complexity index is 512. The van der Waals surface area contributed by atoms with Gasteiger partial charge in [0.05, 0.1) is 0 Å². The van der Waals surface area contributed by atoms with Gasteiger partial charge in [-0.15, -0.1) is 0 Å². The molecule has 2 rings (SSSR count). The van der Waals surface area contributed by atoms with E-state index >= 15 is 0 Å². The number of hydrogen-bond acceptors (Lipinski definition) is 1. The van der Waals surface area contributed by atoms with Crippen LogP contribution in [0.1, 0.15) is 44.6 Å². The van der Waals surface area contributed by atoms with E-state index in [1.807, 2.05) is 6.07 Å². The Labute approximate surface area is 102 Å². The Hall–Kier alpha value is -1.57. The average molecular weight is 229 g/mol. The van der Waals surface area contributed by atoms with E-state index in [1.165, 1.54) is 10.9 Å². The molecule has 0 saturated heterocycles. The maximum absolute atomic E-state index is 11.4. The van der Waals surface area contributed by atoms with Crippen molar-refractivity contribution in [1.82, 2.24) is 4.98 Å². The number of H-pyrrole nitrogens is 1. The number of aromatic nitrogens is 1. The van der Waals surface area contributed by atoms with Crippen molar-refractivity contribution in [2.24, 2.45) is 0 Å². The van der Waals surface area contributed by atoms with Crippen molar-refractivity contribution in [3.05, 3.63) is 36.0 Å². The molecule has 2 nitrogen and oxygen atoms in total. The minimum Gasteiger partial charge on any atom is -0.361 e. The first-order chi connectivity index (χ1) is 8.22. The van der Waals surface area contributed by atoms with E-state index < -0.39 is 0 Å². The van der Waals surface area contributed by atoms with Crippen LogP contribution in [-0.2, 0) is 4.79 Å². The number of para-hydroxylation sites is 1. The predicted molar refractivity (Wildman–Crippen MR) is 71.2 cm³/mol. The van der Waals surface area contributed by atoms with Gasteiger partial charge in [-0.2, -0.15) is 0 Å². The topological polar surface area (TPSA) is 32.9 Å². The molecule has 0 aliphatic rings. The summed E-state index contributed by atoms with van der Waals surface area (Å²) < 4.78 is 0. The van der Waals surface area contributed by atoms with E-state index in [1.54, 1.807) is 6.92 Å². The number of carbonyl (C=O) groups excluding carboxylic acids is 1. The zero-order valence-electron chi connectivity index (χ0n) is 10.5. The third kappa shape index (κ3) is 2.57. The first kappa shape index (κ1) is 11.9. The van der Waals surface area contributed by atoms with E-state index in [4.69, 9.17) is 0 Å². The van der Waals surface area contributed by atoms with Crippen molar-refractivity contribution in [3.63, 3.8) is 0 Å². The van der Waals surface area contributed by atoms with Crippen LogP contribution in [-0.4, -0.2) is 10.8 Å². The molecule has 0 spiro atoms. The summed E-state index contributed by atoms with van der Waals surface area (Å²) in [7, 11) is 0. The summed E-state index contributed by atoms with van der Waals surface area (Å²) in [6.45, 7) is 3.85. The number of fused-ring (bicyclic) bond motifs is 1. The molecule has 0 saturated carbocycles. The number of carbonyl (C=O) groups is 1. The lowest BCUT2D eigenvalue weighted by Crippen LogP contribution is -2.03. The average Bonchev–Trinajstić information content (AvgIpc) is 2.71. The van der Waals surface area contributed by atoms with Gasteiger partial charge in [0.25, 0.3) is 0 Å². The predicted octanol–water partition coefficient (Wildman–Crippen LogP) is 4.03. The van der Waals surface area contributed by atoms with Gasteiger partial charge in [-0.05, 0) is 30.9 Å². The van der Waals surface area contributed by atoms with Gasteiger partial charge in [0.2, 0.25) is 0 Å². The van der Waals surface area contributed by atoms with E-state index in [-0.39, 0.29) is 5.78 Å². The second-order valence-electron chi connectivity index (χ2n) is 4.68. The summed E-state index contributed by atoms with van der Waals surface area (Å²) in [4.78, 5) is 14.6. The number of rotatable bonds is 5. The number of benzene rings is 1. The number of aromatic amines is 1. The minimum atomic E-state index is 0.272. The molecule has 1 atom stereocenters. The maximum atomic E-state index is 11.4. The van der Waals surface area contributed by atoms with Crippen LogP contribution in [0.25, 0.3) is 10.9 Å². The number of hydrogen-bond donors (Lipinski definition) is 1. The van der Waals surface area contributed by atoms with Crippen molar-refractivity contribution >= 4 is 16.7 Å². The highest BCUT2D eigenvalue weighted by molar-refractivity contribution is 5.85. The van der Waals surface area contributed by atoms with Crippen molar-refractivity contribution < 1.29 is 4.79 Å². The molecule has 0 unspecified atom stereocenters. The summed E-state index contributed by atoms with van der Waals surface area (Å²) >= 11 is 0. The second kappa shape index (κ2) is 5.17. The van der Waals surface area contributed by atoms with E-state index in [0.29, 0.717) is 12.3 Å². The number of ketones is 1.